The predicted molar refractivity (Wildman–Crippen MR) is 131 cm³/mol. The lowest BCUT2D eigenvalue weighted by Crippen LogP contribution is -2.43. The summed E-state index contributed by atoms with van der Waals surface area (Å²) < 4.78 is 0.682. The van der Waals surface area contributed by atoms with Crippen molar-refractivity contribution < 1.29 is 19.2 Å². The second kappa shape index (κ2) is 20.8. The van der Waals surface area contributed by atoms with E-state index in [-0.39, 0.29) is 12.3 Å². The molecule has 0 aliphatic rings. The Bertz CT molecular complexity index is 438. The zero-order valence-corrected chi connectivity index (χ0v) is 21.1. The maximum Gasteiger partial charge on any atom is 0.309 e. The molecule has 0 unspecified atom stereocenters. The van der Waals surface area contributed by atoms with Gasteiger partial charge in [0.05, 0.1) is 33.6 Å². The number of hydrogen-bond donors (Lipinski definition) is 2. The van der Waals surface area contributed by atoms with E-state index >= 15 is 0 Å². The molecular formula is C26H53N2O3+. The minimum absolute atomic E-state index is 0.158. The van der Waals surface area contributed by atoms with Gasteiger partial charge in [-0.05, 0) is 6.42 Å². The molecule has 5 nitrogen and oxygen atoms in total. The lowest BCUT2D eigenvalue weighted by atomic mass is 10.0. The highest BCUT2D eigenvalue weighted by Gasteiger charge is 2.16. The molecule has 0 spiro atoms. The van der Waals surface area contributed by atoms with Gasteiger partial charge in [-0.1, -0.05) is 96.8 Å². The number of rotatable bonds is 23. The van der Waals surface area contributed by atoms with Gasteiger partial charge < -0.3 is 14.9 Å². The third-order valence-electron chi connectivity index (χ3n) is 6.20. The van der Waals surface area contributed by atoms with Crippen LogP contribution in [0.2, 0.25) is 0 Å². The fourth-order valence-corrected chi connectivity index (χ4v) is 3.99. The second-order valence-corrected chi connectivity index (χ2v) is 9.93. The Labute approximate surface area is 192 Å². The van der Waals surface area contributed by atoms with Crippen molar-refractivity contribution in [1.82, 2.24) is 5.32 Å². The Kier molecular flexibility index (Phi) is 20.0. The van der Waals surface area contributed by atoms with Crippen molar-refractivity contribution in [2.24, 2.45) is 0 Å². The van der Waals surface area contributed by atoms with E-state index in [0.717, 1.165) is 25.8 Å². The van der Waals surface area contributed by atoms with Crippen LogP contribution in [0.3, 0.4) is 0 Å². The Morgan fingerprint density at radius 3 is 1.55 bits per heavy atom. The van der Waals surface area contributed by atoms with Crippen LogP contribution in [0.25, 0.3) is 0 Å². The molecule has 0 atom stereocenters. The molecule has 184 valence electrons. The predicted octanol–water partition coefficient (Wildman–Crippen LogP) is 6.31. The topological polar surface area (TPSA) is 66.4 Å². The third kappa shape index (κ3) is 23.4. The number of carbonyl (C=O) groups excluding carboxylic acids is 1. The van der Waals surface area contributed by atoms with Gasteiger partial charge in [-0.2, -0.15) is 0 Å². The molecule has 2 N–H and O–H groups in total. The van der Waals surface area contributed by atoms with Crippen molar-refractivity contribution in [2.75, 3.05) is 33.7 Å². The normalized spacial score (nSPS) is 11.6. The van der Waals surface area contributed by atoms with Crippen LogP contribution in [0.5, 0.6) is 0 Å². The second-order valence-electron chi connectivity index (χ2n) is 9.93. The van der Waals surface area contributed by atoms with Crippen molar-refractivity contribution in [2.45, 2.75) is 122 Å². The molecule has 0 aromatic carbocycles. The van der Waals surface area contributed by atoms with Crippen LogP contribution >= 0.6 is 0 Å². The van der Waals surface area contributed by atoms with E-state index in [9.17, 15) is 9.59 Å². The van der Waals surface area contributed by atoms with Gasteiger partial charge in [0.15, 0.2) is 0 Å². The highest BCUT2D eigenvalue weighted by atomic mass is 16.4. The summed E-state index contributed by atoms with van der Waals surface area (Å²) in [5.74, 6) is -0.589. The Morgan fingerprint density at radius 1 is 0.645 bits per heavy atom. The van der Waals surface area contributed by atoms with Crippen molar-refractivity contribution in [3.63, 3.8) is 0 Å². The zero-order chi connectivity index (χ0) is 23.2. The molecule has 0 rings (SSSR count). The van der Waals surface area contributed by atoms with E-state index < -0.39 is 5.97 Å². The molecule has 0 aliphatic carbocycles. The first-order valence-electron chi connectivity index (χ1n) is 13.2. The van der Waals surface area contributed by atoms with Crippen LogP contribution in [0, 0.1) is 0 Å². The lowest BCUT2D eigenvalue weighted by Gasteiger charge is -2.29. The molecule has 0 saturated carbocycles. The van der Waals surface area contributed by atoms with Gasteiger partial charge in [0.2, 0.25) is 5.91 Å². The summed E-state index contributed by atoms with van der Waals surface area (Å²) in [5, 5.41) is 11.8. The molecule has 0 bridgehead atoms. The molecule has 0 heterocycles. The monoisotopic (exact) mass is 441 g/mol. The number of hydrogen-bond acceptors (Lipinski definition) is 2. The van der Waals surface area contributed by atoms with E-state index in [1.165, 1.54) is 83.5 Å². The Balaban J connectivity index is 3.33. The van der Waals surface area contributed by atoms with E-state index in [1.54, 1.807) is 0 Å². The van der Waals surface area contributed by atoms with Gasteiger partial charge in [-0.15, -0.1) is 0 Å². The van der Waals surface area contributed by atoms with Crippen molar-refractivity contribution >= 4 is 11.9 Å². The van der Waals surface area contributed by atoms with Gasteiger partial charge in [0, 0.05) is 19.4 Å². The Morgan fingerprint density at radius 2 is 1.10 bits per heavy atom. The summed E-state index contributed by atoms with van der Waals surface area (Å²) in [6.45, 7) is 4.47. The van der Waals surface area contributed by atoms with E-state index in [1.807, 2.05) is 14.1 Å². The van der Waals surface area contributed by atoms with Gasteiger partial charge in [-0.3, -0.25) is 9.59 Å². The summed E-state index contributed by atoms with van der Waals surface area (Å²) in [5.41, 5.74) is 0. The lowest BCUT2D eigenvalue weighted by molar-refractivity contribution is -0.889. The molecule has 0 fully saturated rings. The van der Waals surface area contributed by atoms with Crippen LogP contribution in [-0.4, -0.2) is 55.2 Å². The fourth-order valence-electron chi connectivity index (χ4n) is 3.99. The van der Waals surface area contributed by atoms with Crippen LogP contribution in [0.4, 0.5) is 0 Å². The van der Waals surface area contributed by atoms with Crippen LogP contribution < -0.4 is 5.32 Å². The number of nitrogens with zero attached hydrogens (tertiary/aromatic N) is 1. The summed E-state index contributed by atoms with van der Waals surface area (Å²) in [6, 6.07) is 0. The first-order valence-corrected chi connectivity index (χ1v) is 13.2. The van der Waals surface area contributed by atoms with Crippen molar-refractivity contribution in [1.29, 1.82) is 0 Å². The number of carboxylic acids is 1. The minimum Gasteiger partial charge on any atom is -0.481 e. The average molecular weight is 442 g/mol. The highest BCUT2D eigenvalue weighted by molar-refractivity contribution is 5.75. The average Bonchev–Trinajstić information content (AvgIpc) is 2.72. The molecule has 0 radical (unpaired) electrons. The largest absolute Gasteiger partial charge is 0.481 e. The molecule has 5 heteroatoms. The third-order valence-corrected chi connectivity index (χ3v) is 6.20. The smallest absolute Gasteiger partial charge is 0.309 e. The SMILES string of the molecule is CCCCCCCCCCCCCCCCCC(=O)NCCC[N+](C)(C)CCC(=O)O. The molecule has 0 aromatic rings. The van der Waals surface area contributed by atoms with E-state index in [0.29, 0.717) is 24.0 Å². The van der Waals surface area contributed by atoms with Crippen LogP contribution in [0.15, 0.2) is 0 Å². The van der Waals surface area contributed by atoms with Gasteiger partial charge >= 0.3 is 5.97 Å². The number of quaternary nitrogens is 1. The molecule has 0 aromatic heterocycles. The van der Waals surface area contributed by atoms with E-state index in [2.05, 4.69) is 12.2 Å². The first kappa shape index (κ1) is 29.9. The highest BCUT2D eigenvalue weighted by Crippen LogP contribution is 2.13. The van der Waals surface area contributed by atoms with Crippen molar-refractivity contribution in [3.8, 4) is 0 Å². The maximum atomic E-state index is 11.9. The summed E-state index contributed by atoms with van der Waals surface area (Å²) >= 11 is 0. The quantitative estimate of drug-likeness (QED) is 0.144. The minimum atomic E-state index is -0.747. The van der Waals surface area contributed by atoms with Crippen molar-refractivity contribution in [3.05, 3.63) is 0 Å². The standard InChI is InChI=1S/C26H52N2O3/c1-4-5-6-7-8-9-10-11-12-13-14-15-16-17-18-20-25(29)27-22-19-23-28(2,3)24-21-26(30)31/h4-24H2,1-3H3,(H-,27,29,30,31)/p+1. The number of unbranched alkanes of at least 4 members (excludes halogenated alkanes) is 14. The summed E-state index contributed by atoms with van der Waals surface area (Å²) in [6.07, 6.45) is 21.8. The molecule has 31 heavy (non-hydrogen) atoms. The number of aliphatic carboxylic acids is 1. The Hall–Kier alpha value is -1.10. The molecule has 0 aliphatic heterocycles. The molecule has 1 amide bonds. The van der Waals surface area contributed by atoms with Gasteiger partial charge in [0.1, 0.15) is 0 Å². The van der Waals surface area contributed by atoms with Crippen LogP contribution in [0.1, 0.15) is 122 Å². The van der Waals surface area contributed by atoms with Gasteiger partial charge in [-0.25, -0.2) is 0 Å². The van der Waals surface area contributed by atoms with Crippen LogP contribution in [-0.2, 0) is 9.59 Å². The first-order chi connectivity index (χ1) is 14.9. The summed E-state index contributed by atoms with van der Waals surface area (Å²) in [7, 11) is 4.08. The fraction of sp³-hybridized carbons (Fsp3) is 0.923. The van der Waals surface area contributed by atoms with E-state index in [4.69, 9.17) is 5.11 Å². The number of nitrogens with one attached hydrogen (secondary N) is 1. The number of carbonyl (C=O) groups is 2. The molecule has 0 saturated heterocycles. The summed E-state index contributed by atoms with van der Waals surface area (Å²) in [4.78, 5) is 22.6. The zero-order valence-electron chi connectivity index (χ0n) is 21.1. The van der Waals surface area contributed by atoms with Gasteiger partial charge in [0.25, 0.3) is 0 Å². The maximum absolute atomic E-state index is 11.9. The number of amides is 1. The molecular weight excluding hydrogens is 388 g/mol. The number of carboxylic acid groups (broad SMARTS) is 1.